The molecule has 1 aromatic carbocycles. The molecule has 0 radical (unpaired) electrons. The smallest absolute Gasteiger partial charge is 0.321 e. The fourth-order valence-corrected chi connectivity index (χ4v) is 3.82. The molecule has 0 saturated heterocycles. The Kier molecular flexibility index (Phi) is 7.94. The van der Waals surface area contributed by atoms with E-state index in [1.165, 1.54) is 6.07 Å². The number of carbonyl (C=O) groups is 3. The zero-order chi connectivity index (χ0) is 20.6. The maximum atomic E-state index is 12.4. The molecule has 10 heteroatoms. The van der Waals surface area contributed by atoms with Crippen molar-refractivity contribution < 1.29 is 27.5 Å². The van der Waals surface area contributed by atoms with E-state index in [9.17, 15) is 22.8 Å². The minimum Gasteiger partial charge on any atom is -0.455 e. The van der Waals surface area contributed by atoms with E-state index in [2.05, 4.69) is 15.4 Å². The molecule has 2 rings (SSSR count). The first-order chi connectivity index (χ1) is 13.3. The van der Waals surface area contributed by atoms with Crippen molar-refractivity contribution in [3.63, 3.8) is 0 Å². The fourth-order valence-electron chi connectivity index (χ4n) is 2.80. The first kappa shape index (κ1) is 21.8. The molecule has 0 bridgehead atoms. The lowest BCUT2D eigenvalue weighted by atomic mass is 9.92. The Hall–Kier alpha value is -2.46. The van der Waals surface area contributed by atoms with Crippen LogP contribution in [0.25, 0.3) is 0 Å². The van der Waals surface area contributed by atoms with Crippen LogP contribution >= 0.6 is 0 Å². The maximum absolute atomic E-state index is 12.4. The van der Waals surface area contributed by atoms with Gasteiger partial charge in [-0.25, -0.2) is 8.42 Å². The first-order valence-electron chi connectivity index (χ1n) is 9.12. The van der Waals surface area contributed by atoms with Crippen molar-refractivity contribution >= 4 is 27.8 Å². The van der Waals surface area contributed by atoms with E-state index in [0.717, 1.165) is 36.8 Å². The molecule has 0 fully saturated rings. The molecule has 1 aromatic rings. The Morgan fingerprint density at radius 3 is 2.43 bits per heavy atom. The number of ether oxygens (including phenoxy) is 1. The fraction of sp³-hybridized carbons (Fsp3) is 0.500. The molecule has 0 atom stereocenters. The molecule has 28 heavy (non-hydrogen) atoms. The van der Waals surface area contributed by atoms with Gasteiger partial charge in [-0.2, -0.15) is 4.72 Å². The summed E-state index contributed by atoms with van der Waals surface area (Å²) in [6, 6.07) is 4.96. The number of aryl methyl sites for hydroxylation is 2. The summed E-state index contributed by atoms with van der Waals surface area (Å²) in [5, 5.41) is 4.78. The number of rotatable bonds is 9. The molecule has 0 spiro atoms. The standard InChI is InChI=1S/C18H25N3O6S/c1-2-19-16(22)10-20-17(23)12-27-18(24)11-21-28(25,26)15-8-7-13-5-3-4-6-14(13)9-15/h7-9,21H,2-6,10-12H2,1H3,(H,19,22)(H,20,23). The topological polar surface area (TPSA) is 131 Å². The summed E-state index contributed by atoms with van der Waals surface area (Å²) < 4.78 is 31.6. The molecule has 154 valence electrons. The van der Waals surface area contributed by atoms with E-state index in [4.69, 9.17) is 4.74 Å². The van der Waals surface area contributed by atoms with Crippen molar-refractivity contribution in [2.45, 2.75) is 37.5 Å². The summed E-state index contributed by atoms with van der Waals surface area (Å²) >= 11 is 0. The van der Waals surface area contributed by atoms with Crippen LogP contribution in [0.5, 0.6) is 0 Å². The van der Waals surface area contributed by atoms with E-state index in [0.29, 0.717) is 6.54 Å². The Morgan fingerprint density at radius 1 is 1.00 bits per heavy atom. The second-order valence-electron chi connectivity index (χ2n) is 6.35. The number of likely N-dealkylation sites (N-methyl/N-ethyl adjacent to an activating group) is 1. The van der Waals surface area contributed by atoms with Crippen LogP contribution in [-0.2, 0) is 42.0 Å². The van der Waals surface area contributed by atoms with Crippen LogP contribution < -0.4 is 15.4 Å². The van der Waals surface area contributed by atoms with E-state index >= 15 is 0 Å². The summed E-state index contributed by atoms with van der Waals surface area (Å²) in [7, 11) is -3.86. The molecule has 0 aromatic heterocycles. The van der Waals surface area contributed by atoms with Crippen molar-refractivity contribution in [3.8, 4) is 0 Å². The van der Waals surface area contributed by atoms with Crippen LogP contribution in [0.4, 0.5) is 0 Å². The second kappa shape index (κ2) is 10.2. The summed E-state index contributed by atoms with van der Waals surface area (Å²) in [6.07, 6.45) is 3.90. The molecule has 1 aliphatic rings. The highest BCUT2D eigenvalue weighted by Crippen LogP contribution is 2.23. The van der Waals surface area contributed by atoms with Gasteiger partial charge in [-0.15, -0.1) is 0 Å². The Morgan fingerprint density at radius 2 is 1.71 bits per heavy atom. The third-order valence-corrected chi connectivity index (χ3v) is 5.62. The van der Waals surface area contributed by atoms with Gasteiger partial charge in [0.15, 0.2) is 6.61 Å². The van der Waals surface area contributed by atoms with Crippen LogP contribution in [0.15, 0.2) is 23.1 Å². The van der Waals surface area contributed by atoms with Gasteiger partial charge in [-0.3, -0.25) is 14.4 Å². The van der Waals surface area contributed by atoms with Gasteiger partial charge in [-0.1, -0.05) is 6.07 Å². The number of amides is 2. The highest BCUT2D eigenvalue weighted by molar-refractivity contribution is 7.89. The van der Waals surface area contributed by atoms with Gasteiger partial charge in [0, 0.05) is 6.54 Å². The lowest BCUT2D eigenvalue weighted by Gasteiger charge is -2.16. The molecule has 9 nitrogen and oxygen atoms in total. The zero-order valence-electron chi connectivity index (χ0n) is 15.7. The third kappa shape index (κ3) is 6.61. The van der Waals surface area contributed by atoms with Gasteiger partial charge in [0.1, 0.15) is 6.54 Å². The van der Waals surface area contributed by atoms with E-state index < -0.39 is 35.1 Å². The molecular formula is C18H25N3O6S. The van der Waals surface area contributed by atoms with E-state index in [1.807, 2.05) is 0 Å². The van der Waals surface area contributed by atoms with Crippen LogP contribution in [0.3, 0.4) is 0 Å². The van der Waals surface area contributed by atoms with Crippen molar-refractivity contribution in [2.24, 2.45) is 0 Å². The van der Waals surface area contributed by atoms with Gasteiger partial charge >= 0.3 is 5.97 Å². The van der Waals surface area contributed by atoms with Gasteiger partial charge in [0.05, 0.1) is 11.4 Å². The SMILES string of the molecule is CCNC(=O)CNC(=O)COC(=O)CNS(=O)(=O)c1ccc2c(c1)CCCC2. The van der Waals surface area contributed by atoms with Gasteiger partial charge in [0.2, 0.25) is 15.9 Å². The molecule has 0 aliphatic heterocycles. The number of carbonyl (C=O) groups excluding carboxylic acids is 3. The number of hydrogen-bond donors (Lipinski definition) is 3. The number of sulfonamides is 1. The summed E-state index contributed by atoms with van der Waals surface area (Å²) in [5.41, 5.74) is 2.17. The van der Waals surface area contributed by atoms with Crippen molar-refractivity contribution in [1.82, 2.24) is 15.4 Å². The van der Waals surface area contributed by atoms with Crippen LogP contribution in [0.2, 0.25) is 0 Å². The molecule has 2 amide bonds. The van der Waals surface area contributed by atoms with E-state index in [-0.39, 0.29) is 17.3 Å². The summed E-state index contributed by atoms with van der Waals surface area (Å²) in [6.45, 7) is 0.762. The molecule has 1 aliphatic carbocycles. The van der Waals surface area contributed by atoms with Crippen molar-refractivity contribution in [3.05, 3.63) is 29.3 Å². The van der Waals surface area contributed by atoms with Crippen molar-refractivity contribution in [2.75, 3.05) is 26.2 Å². The number of hydrogen-bond acceptors (Lipinski definition) is 6. The normalized spacial score (nSPS) is 13.3. The second-order valence-corrected chi connectivity index (χ2v) is 8.12. The monoisotopic (exact) mass is 411 g/mol. The molecule has 0 unspecified atom stereocenters. The quantitative estimate of drug-likeness (QED) is 0.476. The molecular weight excluding hydrogens is 386 g/mol. The van der Waals surface area contributed by atoms with Gasteiger partial charge in [-0.05, 0) is 55.9 Å². The molecule has 0 heterocycles. The molecule has 0 saturated carbocycles. The Labute approximate surface area is 164 Å². The average molecular weight is 411 g/mol. The lowest BCUT2D eigenvalue weighted by molar-refractivity contribution is -0.147. The lowest BCUT2D eigenvalue weighted by Crippen LogP contribution is -2.39. The minimum absolute atomic E-state index is 0.0978. The number of fused-ring (bicyclic) bond motifs is 1. The third-order valence-electron chi connectivity index (χ3n) is 4.22. The minimum atomic E-state index is -3.86. The number of nitrogens with one attached hydrogen (secondary N) is 3. The van der Waals surface area contributed by atoms with Crippen LogP contribution in [0.1, 0.15) is 30.9 Å². The maximum Gasteiger partial charge on any atom is 0.321 e. The average Bonchev–Trinajstić information content (AvgIpc) is 2.69. The highest BCUT2D eigenvalue weighted by Gasteiger charge is 2.19. The zero-order valence-corrected chi connectivity index (χ0v) is 16.6. The predicted molar refractivity (Wildman–Crippen MR) is 101 cm³/mol. The Bertz CT molecular complexity index is 838. The van der Waals surface area contributed by atoms with Gasteiger partial charge < -0.3 is 15.4 Å². The van der Waals surface area contributed by atoms with Crippen molar-refractivity contribution in [1.29, 1.82) is 0 Å². The van der Waals surface area contributed by atoms with Crippen LogP contribution in [-0.4, -0.2) is 52.4 Å². The van der Waals surface area contributed by atoms with Gasteiger partial charge in [0.25, 0.3) is 5.91 Å². The highest BCUT2D eigenvalue weighted by atomic mass is 32.2. The molecule has 3 N–H and O–H groups in total. The largest absolute Gasteiger partial charge is 0.455 e. The summed E-state index contributed by atoms with van der Waals surface area (Å²) in [4.78, 5) is 34.5. The summed E-state index contributed by atoms with van der Waals surface area (Å²) in [5.74, 6) is -1.91. The van der Waals surface area contributed by atoms with E-state index in [1.54, 1.807) is 19.1 Å². The number of esters is 1. The van der Waals surface area contributed by atoms with Crippen LogP contribution in [0, 0.1) is 0 Å². The Balaban J connectivity index is 1.78. The first-order valence-corrected chi connectivity index (χ1v) is 10.6. The number of benzene rings is 1. The predicted octanol–water partition coefficient (Wildman–Crippen LogP) is -0.361.